The van der Waals surface area contributed by atoms with E-state index in [2.05, 4.69) is 5.32 Å². The van der Waals surface area contributed by atoms with Crippen LogP contribution in [0, 0.1) is 34.6 Å². The van der Waals surface area contributed by atoms with Crippen molar-refractivity contribution in [3.63, 3.8) is 0 Å². The molecule has 3 aromatic rings. The minimum Gasteiger partial charge on any atom is -0.348 e. The number of carbonyl (C=O) groups is 1. The van der Waals surface area contributed by atoms with E-state index < -0.39 is 10.0 Å². The monoisotopic (exact) mass is 464 g/mol. The van der Waals surface area contributed by atoms with Gasteiger partial charge in [0.2, 0.25) is 5.91 Å². The summed E-state index contributed by atoms with van der Waals surface area (Å²) in [6.45, 7) is 11.3. The van der Waals surface area contributed by atoms with Crippen molar-refractivity contribution in [2.75, 3.05) is 10.8 Å². The molecule has 33 heavy (non-hydrogen) atoms. The van der Waals surface area contributed by atoms with E-state index in [0.717, 1.165) is 33.4 Å². The second kappa shape index (κ2) is 9.79. The summed E-state index contributed by atoms with van der Waals surface area (Å²) in [7, 11) is -3.94. The summed E-state index contributed by atoms with van der Waals surface area (Å²) >= 11 is 0. The third-order valence-electron chi connectivity index (χ3n) is 5.67. The van der Waals surface area contributed by atoms with Crippen molar-refractivity contribution >= 4 is 21.6 Å². The van der Waals surface area contributed by atoms with Crippen LogP contribution in [0.5, 0.6) is 0 Å². The Morgan fingerprint density at radius 1 is 0.818 bits per heavy atom. The van der Waals surface area contributed by atoms with Gasteiger partial charge in [0.05, 0.1) is 16.6 Å². The van der Waals surface area contributed by atoms with E-state index in [1.165, 1.54) is 4.31 Å². The minimum atomic E-state index is -3.94. The number of nitrogens with one attached hydrogen (secondary N) is 1. The average Bonchev–Trinajstić information content (AvgIpc) is 2.73. The Kier molecular flexibility index (Phi) is 7.28. The lowest BCUT2D eigenvalue weighted by atomic mass is 10.00. The van der Waals surface area contributed by atoms with Crippen LogP contribution in [-0.2, 0) is 14.8 Å². The van der Waals surface area contributed by atoms with Crippen molar-refractivity contribution in [2.24, 2.45) is 0 Å². The lowest BCUT2D eigenvalue weighted by Gasteiger charge is -2.26. The number of carbonyl (C=O) groups excluding carboxylic acids is 1. The molecule has 3 rings (SSSR count). The highest BCUT2D eigenvalue weighted by Gasteiger charge is 2.28. The second-order valence-electron chi connectivity index (χ2n) is 8.82. The molecule has 0 aliphatic carbocycles. The van der Waals surface area contributed by atoms with E-state index in [1.54, 1.807) is 36.4 Å². The zero-order chi connectivity index (χ0) is 24.3. The number of aryl methyl sites for hydroxylation is 5. The van der Waals surface area contributed by atoms with Gasteiger partial charge >= 0.3 is 0 Å². The van der Waals surface area contributed by atoms with Crippen molar-refractivity contribution < 1.29 is 13.2 Å². The Bertz CT molecular complexity index is 1240. The Morgan fingerprint density at radius 2 is 1.39 bits per heavy atom. The third-order valence-corrected chi connectivity index (χ3v) is 7.46. The number of benzene rings is 3. The molecule has 0 aliphatic heterocycles. The molecule has 1 unspecified atom stereocenters. The molecule has 0 spiro atoms. The molecule has 0 fully saturated rings. The fourth-order valence-corrected chi connectivity index (χ4v) is 5.37. The molecule has 0 bridgehead atoms. The van der Waals surface area contributed by atoms with Crippen LogP contribution in [0.3, 0.4) is 0 Å². The maximum atomic E-state index is 13.6. The van der Waals surface area contributed by atoms with Crippen molar-refractivity contribution in [1.82, 2.24) is 5.32 Å². The summed E-state index contributed by atoms with van der Waals surface area (Å²) in [6, 6.07) is 18.1. The molecule has 0 aliphatic rings. The predicted octanol–water partition coefficient (Wildman–Crippen LogP) is 5.30. The summed E-state index contributed by atoms with van der Waals surface area (Å²) in [6.07, 6.45) is 0. The van der Waals surface area contributed by atoms with Gasteiger partial charge in [-0.3, -0.25) is 9.10 Å². The minimum absolute atomic E-state index is 0.155. The molecule has 1 atom stereocenters. The summed E-state index contributed by atoms with van der Waals surface area (Å²) in [5.41, 5.74) is 6.50. The number of hydrogen-bond donors (Lipinski definition) is 1. The number of rotatable bonds is 7. The van der Waals surface area contributed by atoms with E-state index >= 15 is 0 Å². The fraction of sp³-hybridized carbons (Fsp3) is 0.296. The second-order valence-corrected chi connectivity index (χ2v) is 10.7. The van der Waals surface area contributed by atoms with Crippen molar-refractivity contribution in [2.45, 2.75) is 52.5 Å². The molecule has 0 saturated carbocycles. The molecule has 1 N–H and O–H groups in total. The topological polar surface area (TPSA) is 66.5 Å². The van der Waals surface area contributed by atoms with Crippen LogP contribution in [0.2, 0.25) is 0 Å². The molecule has 5 nitrogen and oxygen atoms in total. The van der Waals surface area contributed by atoms with E-state index in [0.29, 0.717) is 5.69 Å². The smallest absolute Gasteiger partial charge is 0.264 e. The SMILES string of the molecule is Cc1ccc(S(=O)(=O)N(CC(=O)NC(C)c2cc(C)ccc2C)c2cc(C)cc(C)c2)cc1. The number of anilines is 1. The summed E-state index contributed by atoms with van der Waals surface area (Å²) in [4.78, 5) is 13.2. The zero-order valence-electron chi connectivity index (χ0n) is 20.1. The zero-order valence-corrected chi connectivity index (χ0v) is 21.0. The highest BCUT2D eigenvalue weighted by atomic mass is 32.2. The van der Waals surface area contributed by atoms with Gasteiger partial charge in [-0.05, 0) is 88.1 Å². The third kappa shape index (κ3) is 5.82. The van der Waals surface area contributed by atoms with Gasteiger partial charge in [0.15, 0.2) is 0 Å². The fourth-order valence-electron chi connectivity index (χ4n) is 3.97. The lowest BCUT2D eigenvalue weighted by Crippen LogP contribution is -2.41. The van der Waals surface area contributed by atoms with Crippen molar-refractivity contribution in [3.8, 4) is 0 Å². The van der Waals surface area contributed by atoms with Gasteiger partial charge < -0.3 is 5.32 Å². The predicted molar refractivity (Wildman–Crippen MR) is 134 cm³/mol. The number of amides is 1. The van der Waals surface area contributed by atoms with E-state index in [4.69, 9.17) is 0 Å². The van der Waals surface area contributed by atoms with Crippen LogP contribution in [0.15, 0.2) is 65.6 Å². The molecule has 0 radical (unpaired) electrons. The average molecular weight is 465 g/mol. The number of sulfonamides is 1. The van der Waals surface area contributed by atoms with Gasteiger partial charge in [0, 0.05) is 0 Å². The largest absolute Gasteiger partial charge is 0.348 e. The van der Waals surface area contributed by atoms with Crippen LogP contribution in [-0.4, -0.2) is 20.9 Å². The van der Waals surface area contributed by atoms with Gasteiger partial charge in [-0.2, -0.15) is 0 Å². The van der Waals surface area contributed by atoms with Crippen LogP contribution in [0.25, 0.3) is 0 Å². The van der Waals surface area contributed by atoms with Crippen LogP contribution >= 0.6 is 0 Å². The van der Waals surface area contributed by atoms with Gasteiger partial charge in [-0.1, -0.05) is 47.5 Å². The van der Waals surface area contributed by atoms with Gasteiger partial charge in [-0.15, -0.1) is 0 Å². The van der Waals surface area contributed by atoms with Gasteiger partial charge in [-0.25, -0.2) is 8.42 Å². The van der Waals surface area contributed by atoms with Crippen molar-refractivity contribution in [3.05, 3.63) is 94.0 Å². The van der Waals surface area contributed by atoms with Crippen LogP contribution < -0.4 is 9.62 Å². The summed E-state index contributed by atoms with van der Waals surface area (Å²) < 4.78 is 28.4. The molecule has 0 aromatic heterocycles. The molecule has 174 valence electrons. The first-order valence-corrected chi connectivity index (χ1v) is 12.5. The van der Waals surface area contributed by atoms with Gasteiger partial charge in [0.1, 0.15) is 6.54 Å². The highest BCUT2D eigenvalue weighted by molar-refractivity contribution is 7.92. The van der Waals surface area contributed by atoms with E-state index in [-0.39, 0.29) is 23.4 Å². The summed E-state index contributed by atoms with van der Waals surface area (Å²) in [5, 5.41) is 2.98. The normalized spacial score (nSPS) is 12.3. The maximum absolute atomic E-state index is 13.6. The Morgan fingerprint density at radius 3 is 2.00 bits per heavy atom. The highest BCUT2D eigenvalue weighted by Crippen LogP contribution is 2.26. The molecule has 1 amide bonds. The standard InChI is InChI=1S/C27H32N2O3S/c1-18-8-11-25(12-9-18)33(31,32)29(24-14-20(3)13-21(4)15-24)17-27(30)28-23(6)26-16-19(2)7-10-22(26)5/h7-16,23H,17H2,1-6H3,(H,28,30). The molecular formula is C27H32N2O3S. The molecule has 3 aromatic carbocycles. The Balaban J connectivity index is 1.95. The molecule has 6 heteroatoms. The molecule has 0 heterocycles. The lowest BCUT2D eigenvalue weighted by molar-refractivity contribution is -0.120. The van der Waals surface area contributed by atoms with E-state index in [1.807, 2.05) is 65.8 Å². The van der Waals surface area contributed by atoms with Gasteiger partial charge in [0.25, 0.3) is 10.0 Å². The molecule has 0 saturated heterocycles. The number of hydrogen-bond acceptors (Lipinski definition) is 3. The van der Waals surface area contributed by atoms with E-state index in [9.17, 15) is 13.2 Å². The summed E-state index contributed by atoms with van der Waals surface area (Å²) in [5.74, 6) is -0.363. The first kappa shape index (κ1) is 24.5. The van der Waals surface area contributed by atoms with Crippen molar-refractivity contribution in [1.29, 1.82) is 0 Å². The Hall–Kier alpha value is -3.12. The molecular weight excluding hydrogens is 432 g/mol. The number of nitrogens with zero attached hydrogens (tertiary/aromatic N) is 1. The quantitative estimate of drug-likeness (QED) is 0.516. The maximum Gasteiger partial charge on any atom is 0.264 e. The first-order chi connectivity index (χ1) is 15.5. The Labute approximate surface area is 197 Å². The van der Waals surface area contributed by atoms with Crippen LogP contribution in [0.4, 0.5) is 5.69 Å². The van der Waals surface area contributed by atoms with Crippen LogP contribution in [0.1, 0.15) is 46.3 Å². The first-order valence-electron chi connectivity index (χ1n) is 11.0.